The van der Waals surface area contributed by atoms with Crippen molar-refractivity contribution in [3.63, 3.8) is 0 Å². The van der Waals surface area contributed by atoms with E-state index >= 15 is 0 Å². The van der Waals surface area contributed by atoms with Gasteiger partial charge in [-0.15, -0.1) is 0 Å². The van der Waals surface area contributed by atoms with Crippen LogP contribution in [0.5, 0.6) is 0 Å². The summed E-state index contributed by atoms with van der Waals surface area (Å²) in [7, 11) is 2.25. The molecule has 4 rings (SSSR count). The van der Waals surface area contributed by atoms with Crippen LogP contribution < -0.4 is 0 Å². The number of nitrogens with zero attached hydrogens (tertiary/aromatic N) is 3. The largest absolute Gasteiger partial charge is 0.342 e. The third kappa shape index (κ3) is 3.04. The molecular weight excluding hydrogens is 342 g/mol. The first kappa shape index (κ1) is 17.6. The Labute approximate surface area is 160 Å². The van der Waals surface area contributed by atoms with E-state index < -0.39 is 0 Å². The monoisotopic (exact) mass is 367 g/mol. The van der Waals surface area contributed by atoms with Gasteiger partial charge in [-0.2, -0.15) is 0 Å². The predicted molar refractivity (Wildman–Crippen MR) is 109 cm³/mol. The van der Waals surface area contributed by atoms with Crippen LogP contribution >= 0.6 is 11.6 Å². The minimum absolute atomic E-state index is 0.473. The van der Waals surface area contributed by atoms with Gasteiger partial charge >= 0.3 is 0 Å². The van der Waals surface area contributed by atoms with Crippen LogP contribution in [-0.4, -0.2) is 28.0 Å². The summed E-state index contributed by atoms with van der Waals surface area (Å²) in [5.74, 6) is 0. The molecule has 26 heavy (non-hydrogen) atoms. The summed E-state index contributed by atoms with van der Waals surface area (Å²) in [5.41, 5.74) is 6.65. The molecule has 0 amide bonds. The number of hydrogen-bond donors (Lipinski definition) is 0. The van der Waals surface area contributed by atoms with Gasteiger partial charge < -0.3 is 4.57 Å². The van der Waals surface area contributed by atoms with E-state index in [1.807, 2.05) is 19.2 Å². The van der Waals surface area contributed by atoms with Crippen molar-refractivity contribution in [2.24, 2.45) is 0 Å². The molecule has 1 aromatic carbocycles. The molecule has 4 heteroatoms. The summed E-state index contributed by atoms with van der Waals surface area (Å²) in [5, 5.41) is 2.16. The Balaban J connectivity index is 1.79. The maximum absolute atomic E-state index is 6.33. The average molecular weight is 368 g/mol. The Morgan fingerprint density at radius 1 is 1.23 bits per heavy atom. The van der Waals surface area contributed by atoms with E-state index in [4.69, 9.17) is 11.6 Å². The molecule has 2 aromatic heterocycles. The Bertz CT molecular complexity index is 927. The number of aryl methyl sites for hydroxylation is 3. The van der Waals surface area contributed by atoms with E-state index in [1.54, 1.807) is 0 Å². The fourth-order valence-electron chi connectivity index (χ4n) is 4.35. The van der Waals surface area contributed by atoms with Crippen LogP contribution in [0.3, 0.4) is 0 Å². The van der Waals surface area contributed by atoms with Crippen molar-refractivity contribution in [2.45, 2.75) is 45.7 Å². The van der Waals surface area contributed by atoms with Crippen LogP contribution in [0, 0.1) is 6.92 Å². The lowest BCUT2D eigenvalue weighted by Gasteiger charge is -2.33. The lowest BCUT2D eigenvalue weighted by molar-refractivity contribution is 0.216. The molecule has 0 aliphatic carbocycles. The fraction of sp³-hybridized carbons (Fsp3) is 0.409. The maximum Gasteiger partial charge on any atom is 0.0498 e. The Kier molecular flexibility index (Phi) is 4.76. The lowest BCUT2D eigenvalue weighted by atomic mass is 9.96. The maximum atomic E-state index is 6.33. The molecule has 1 aliphatic heterocycles. The zero-order chi connectivity index (χ0) is 18.3. The molecule has 0 spiro atoms. The van der Waals surface area contributed by atoms with Crippen molar-refractivity contribution in [1.29, 1.82) is 0 Å². The first-order valence-electron chi connectivity index (χ1n) is 9.50. The highest BCUT2D eigenvalue weighted by atomic mass is 35.5. The molecule has 0 radical (unpaired) electrons. The van der Waals surface area contributed by atoms with Gasteiger partial charge in [0.15, 0.2) is 0 Å². The smallest absolute Gasteiger partial charge is 0.0498 e. The van der Waals surface area contributed by atoms with Gasteiger partial charge in [0.2, 0.25) is 0 Å². The van der Waals surface area contributed by atoms with Gasteiger partial charge in [0.05, 0.1) is 0 Å². The van der Waals surface area contributed by atoms with Crippen LogP contribution in [-0.2, 0) is 19.4 Å². The van der Waals surface area contributed by atoms with E-state index in [2.05, 4.69) is 52.7 Å². The van der Waals surface area contributed by atoms with Crippen molar-refractivity contribution >= 4 is 22.5 Å². The van der Waals surface area contributed by atoms with Gasteiger partial charge in [0, 0.05) is 52.6 Å². The molecule has 136 valence electrons. The molecule has 3 heterocycles. The first-order valence-corrected chi connectivity index (χ1v) is 9.88. The second kappa shape index (κ2) is 7.05. The van der Waals surface area contributed by atoms with Crippen molar-refractivity contribution in [2.75, 3.05) is 13.6 Å². The second-order valence-corrected chi connectivity index (χ2v) is 7.83. The van der Waals surface area contributed by atoms with Gasteiger partial charge in [-0.25, -0.2) is 0 Å². The van der Waals surface area contributed by atoms with Crippen molar-refractivity contribution < 1.29 is 0 Å². The zero-order valence-corrected chi connectivity index (χ0v) is 16.6. The highest BCUT2D eigenvalue weighted by Gasteiger charge is 2.29. The Hall–Kier alpha value is -1.84. The summed E-state index contributed by atoms with van der Waals surface area (Å²) in [6.07, 6.45) is 5.22. The lowest BCUT2D eigenvalue weighted by Crippen LogP contribution is -2.33. The fourth-order valence-corrected chi connectivity index (χ4v) is 4.52. The number of fused-ring (bicyclic) bond motifs is 3. The molecule has 3 aromatic rings. The second-order valence-electron chi connectivity index (χ2n) is 7.39. The standard InChI is InChI=1S/C22H26ClN3/c1-4-20-22-18(10-11-25(20)3)19-13-17(23)7-8-21(19)26(22)12-9-16-6-5-15(2)24-14-16/h5-8,13-14,20H,4,9-12H2,1-3H3. The number of halogens is 1. The number of hydrogen-bond acceptors (Lipinski definition) is 2. The summed E-state index contributed by atoms with van der Waals surface area (Å²) >= 11 is 6.33. The van der Waals surface area contributed by atoms with E-state index in [0.29, 0.717) is 6.04 Å². The molecular formula is C22H26ClN3. The Morgan fingerprint density at radius 2 is 2.08 bits per heavy atom. The van der Waals surface area contributed by atoms with Crippen LogP contribution in [0.4, 0.5) is 0 Å². The normalized spacial score (nSPS) is 17.6. The zero-order valence-electron chi connectivity index (χ0n) is 15.8. The average Bonchev–Trinajstić information content (AvgIpc) is 2.94. The van der Waals surface area contributed by atoms with Gasteiger partial charge in [-0.3, -0.25) is 9.88 Å². The number of rotatable bonds is 4. The van der Waals surface area contributed by atoms with Crippen LogP contribution in [0.15, 0.2) is 36.5 Å². The van der Waals surface area contributed by atoms with Crippen molar-refractivity contribution in [1.82, 2.24) is 14.5 Å². The molecule has 1 unspecified atom stereocenters. The van der Waals surface area contributed by atoms with Crippen molar-refractivity contribution in [3.8, 4) is 0 Å². The van der Waals surface area contributed by atoms with Gasteiger partial charge in [-0.05, 0) is 68.6 Å². The van der Waals surface area contributed by atoms with Gasteiger partial charge in [0.1, 0.15) is 0 Å². The summed E-state index contributed by atoms with van der Waals surface area (Å²) in [6, 6.07) is 11.1. The van der Waals surface area contributed by atoms with E-state index in [9.17, 15) is 0 Å². The molecule has 0 saturated carbocycles. The summed E-state index contributed by atoms with van der Waals surface area (Å²) in [6.45, 7) is 6.40. The summed E-state index contributed by atoms with van der Waals surface area (Å²) < 4.78 is 2.53. The molecule has 0 fully saturated rings. The first-order chi connectivity index (χ1) is 12.6. The van der Waals surface area contributed by atoms with Gasteiger partial charge in [-0.1, -0.05) is 24.6 Å². The Morgan fingerprint density at radius 3 is 2.81 bits per heavy atom. The third-order valence-electron chi connectivity index (χ3n) is 5.72. The molecule has 0 bridgehead atoms. The summed E-state index contributed by atoms with van der Waals surface area (Å²) in [4.78, 5) is 6.94. The predicted octanol–water partition coefficient (Wildman–Crippen LogP) is 5.18. The minimum atomic E-state index is 0.473. The van der Waals surface area contributed by atoms with Crippen LogP contribution in [0.2, 0.25) is 5.02 Å². The minimum Gasteiger partial charge on any atom is -0.342 e. The van der Waals surface area contributed by atoms with E-state index in [1.165, 1.54) is 27.7 Å². The number of benzene rings is 1. The third-order valence-corrected chi connectivity index (χ3v) is 5.96. The number of likely N-dealkylation sites (N-methyl/N-ethyl adjacent to an activating group) is 1. The van der Waals surface area contributed by atoms with Crippen LogP contribution in [0.25, 0.3) is 10.9 Å². The van der Waals surface area contributed by atoms with E-state index in [-0.39, 0.29) is 0 Å². The number of pyridine rings is 1. The topological polar surface area (TPSA) is 21.1 Å². The van der Waals surface area contributed by atoms with E-state index in [0.717, 1.165) is 43.1 Å². The molecule has 1 aliphatic rings. The number of aromatic nitrogens is 2. The molecule has 3 nitrogen and oxygen atoms in total. The highest BCUT2D eigenvalue weighted by molar-refractivity contribution is 6.31. The quantitative estimate of drug-likeness (QED) is 0.633. The highest BCUT2D eigenvalue weighted by Crippen LogP contribution is 2.39. The van der Waals surface area contributed by atoms with Crippen LogP contribution in [0.1, 0.15) is 41.9 Å². The SMILES string of the molecule is CCC1c2c(c3cc(Cl)ccc3n2CCc2ccc(C)nc2)CCN1C. The molecule has 1 atom stereocenters. The van der Waals surface area contributed by atoms with Crippen molar-refractivity contribution in [3.05, 3.63) is 64.1 Å². The van der Waals surface area contributed by atoms with Gasteiger partial charge in [0.25, 0.3) is 0 Å². The molecule has 0 saturated heterocycles. The molecule has 0 N–H and O–H groups in total.